The van der Waals surface area contributed by atoms with Crippen LogP contribution in [0.15, 0.2) is 42.5 Å². The van der Waals surface area contributed by atoms with Crippen LogP contribution in [0.3, 0.4) is 0 Å². The first-order valence-corrected chi connectivity index (χ1v) is 8.60. The smallest absolute Gasteiger partial charge is 0.212 e. The highest BCUT2D eigenvalue weighted by molar-refractivity contribution is 7.89. The lowest BCUT2D eigenvalue weighted by molar-refractivity contribution is 0.506. The first-order chi connectivity index (χ1) is 9.48. The molecule has 0 aromatic heterocycles. The van der Waals surface area contributed by atoms with Crippen molar-refractivity contribution in [2.75, 3.05) is 14.1 Å². The van der Waals surface area contributed by atoms with Crippen molar-refractivity contribution in [2.24, 2.45) is 0 Å². The van der Waals surface area contributed by atoms with E-state index in [1.165, 1.54) is 9.87 Å². The van der Waals surface area contributed by atoms with Crippen LogP contribution in [0.5, 0.6) is 0 Å². The van der Waals surface area contributed by atoms with Crippen LogP contribution >= 0.6 is 0 Å². The molecule has 0 N–H and O–H groups in total. The third-order valence-electron chi connectivity index (χ3n) is 3.28. The van der Waals surface area contributed by atoms with E-state index in [0.717, 1.165) is 19.3 Å². The lowest BCUT2D eigenvalue weighted by Crippen LogP contribution is -2.32. The van der Waals surface area contributed by atoms with Gasteiger partial charge in [-0.15, -0.1) is 0 Å². The molecule has 0 fully saturated rings. The van der Waals surface area contributed by atoms with Crippen molar-refractivity contribution < 1.29 is 8.42 Å². The second kappa shape index (κ2) is 8.22. The molecule has 0 saturated heterocycles. The van der Waals surface area contributed by atoms with Crippen LogP contribution in [0.25, 0.3) is 0 Å². The summed E-state index contributed by atoms with van der Waals surface area (Å²) in [6.07, 6.45) is 7.20. The molecule has 0 heterocycles. The van der Waals surface area contributed by atoms with Gasteiger partial charge in [-0.2, -0.15) is 0 Å². The van der Waals surface area contributed by atoms with Gasteiger partial charge in [-0.1, -0.05) is 62.2 Å². The van der Waals surface area contributed by atoms with Gasteiger partial charge in [0.25, 0.3) is 0 Å². The summed E-state index contributed by atoms with van der Waals surface area (Å²) in [4.78, 5) is 0. The van der Waals surface area contributed by atoms with Crippen LogP contribution in [0.1, 0.15) is 31.7 Å². The lowest BCUT2D eigenvalue weighted by Gasteiger charge is -2.18. The molecule has 0 spiro atoms. The van der Waals surface area contributed by atoms with Crippen LogP contribution in [0, 0.1) is 0 Å². The third kappa shape index (κ3) is 5.10. The molecule has 0 unspecified atom stereocenters. The van der Waals surface area contributed by atoms with Crippen molar-refractivity contribution in [3.63, 3.8) is 0 Å². The van der Waals surface area contributed by atoms with Crippen molar-refractivity contribution >= 4 is 10.0 Å². The van der Waals surface area contributed by atoms with Gasteiger partial charge in [-0.3, -0.25) is 0 Å². The predicted octanol–water partition coefficient (Wildman–Crippen LogP) is 3.24. The summed E-state index contributed by atoms with van der Waals surface area (Å²) in [5.74, 6) is 0. The molecular formula is C16H25NO2S. The van der Waals surface area contributed by atoms with Crippen LogP contribution in [0.2, 0.25) is 0 Å². The molecule has 0 amide bonds. The molecule has 1 rings (SSSR count). The van der Waals surface area contributed by atoms with Crippen LogP contribution < -0.4 is 0 Å². The molecule has 1 aromatic carbocycles. The van der Waals surface area contributed by atoms with E-state index in [4.69, 9.17) is 0 Å². The summed E-state index contributed by atoms with van der Waals surface area (Å²) >= 11 is 0. The number of allylic oxidation sites excluding steroid dienone is 1. The fraction of sp³-hybridized carbons (Fsp3) is 0.500. The van der Waals surface area contributed by atoms with Gasteiger partial charge in [0.1, 0.15) is 0 Å². The fourth-order valence-electron chi connectivity index (χ4n) is 1.99. The maximum Gasteiger partial charge on any atom is 0.220 e. The van der Waals surface area contributed by atoms with Crippen molar-refractivity contribution in [1.29, 1.82) is 0 Å². The largest absolute Gasteiger partial charge is 0.220 e. The zero-order chi connectivity index (χ0) is 15.0. The highest BCUT2D eigenvalue weighted by Gasteiger charge is 2.24. The number of rotatable bonds is 8. The first kappa shape index (κ1) is 16.9. The summed E-state index contributed by atoms with van der Waals surface area (Å²) in [7, 11) is -0.0260. The average molecular weight is 295 g/mol. The van der Waals surface area contributed by atoms with Gasteiger partial charge in [0.05, 0.1) is 5.25 Å². The highest BCUT2D eigenvalue weighted by Crippen LogP contribution is 2.15. The Kier molecular flexibility index (Phi) is 6.96. The van der Waals surface area contributed by atoms with Gasteiger partial charge in [0.2, 0.25) is 10.0 Å². The molecule has 0 saturated carbocycles. The Balaban J connectivity index is 2.74. The summed E-state index contributed by atoms with van der Waals surface area (Å²) in [5.41, 5.74) is 1.19. The predicted molar refractivity (Wildman–Crippen MR) is 85.2 cm³/mol. The van der Waals surface area contributed by atoms with E-state index in [2.05, 4.69) is 6.92 Å². The topological polar surface area (TPSA) is 37.4 Å². The number of hydrogen-bond donors (Lipinski definition) is 0. The number of benzene rings is 1. The number of unbranched alkanes of at least 4 members (excludes halogenated alkanes) is 1. The van der Waals surface area contributed by atoms with Gasteiger partial charge in [0.15, 0.2) is 0 Å². The van der Waals surface area contributed by atoms with E-state index >= 15 is 0 Å². The number of sulfonamides is 1. The molecule has 1 atom stereocenters. The van der Waals surface area contributed by atoms with E-state index < -0.39 is 15.3 Å². The van der Waals surface area contributed by atoms with Crippen molar-refractivity contribution in [3.8, 4) is 0 Å². The van der Waals surface area contributed by atoms with Crippen LogP contribution in [-0.2, 0) is 16.4 Å². The Bertz CT molecular complexity index is 507. The molecule has 0 aliphatic rings. The summed E-state index contributed by atoms with van der Waals surface area (Å²) in [5, 5.41) is -0.416. The second-order valence-corrected chi connectivity index (χ2v) is 7.49. The standard InChI is InChI=1S/C16H25NO2S/c1-4-5-13-16(20(18,19)17(2)3)14-9-12-15-10-7-6-8-11-15/h6-11,14,16H,4-5,12-13H2,1-3H3/b14-9+/t16-/m0/s1. The number of nitrogens with zero attached hydrogens (tertiary/aromatic N) is 1. The van der Waals surface area contributed by atoms with Crippen molar-refractivity contribution in [1.82, 2.24) is 4.31 Å². The average Bonchev–Trinajstić information content (AvgIpc) is 2.43. The molecule has 0 bridgehead atoms. The Morgan fingerprint density at radius 1 is 1.20 bits per heavy atom. The number of hydrogen-bond acceptors (Lipinski definition) is 2. The first-order valence-electron chi connectivity index (χ1n) is 7.10. The minimum absolute atomic E-state index is 0.416. The van der Waals surface area contributed by atoms with Gasteiger partial charge < -0.3 is 0 Å². The molecule has 1 aromatic rings. The van der Waals surface area contributed by atoms with E-state index in [0.29, 0.717) is 6.42 Å². The van der Waals surface area contributed by atoms with Gasteiger partial charge >= 0.3 is 0 Å². The highest BCUT2D eigenvalue weighted by atomic mass is 32.2. The Hall–Kier alpha value is -1.13. The molecule has 20 heavy (non-hydrogen) atoms. The summed E-state index contributed by atoms with van der Waals surface area (Å²) < 4.78 is 25.8. The fourth-order valence-corrected chi connectivity index (χ4v) is 3.31. The van der Waals surface area contributed by atoms with E-state index in [9.17, 15) is 8.42 Å². The molecule has 0 aliphatic carbocycles. The molecule has 112 valence electrons. The minimum Gasteiger partial charge on any atom is -0.212 e. The monoisotopic (exact) mass is 295 g/mol. The molecule has 4 heteroatoms. The van der Waals surface area contributed by atoms with Gasteiger partial charge in [-0.25, -0.2) is 12.7 Å². The second-order valence-electron chi connectivity index (χ2n) is 5.13. The van der Waals surface area contributed by atoms with Crippen LogP contribution in [-0.4, -0.2) is 32.1 Å². The molecular weight excluding hydrogens is 270 g/mol. The Morgan fingerprint density at radius 3 is 2.40 bits per heavy atom. The summed E-state index contributed by atoms with van der Waals surface area (Å²) in [6, 6.07) is 10.1. The van der Waals surface area contributed by atoms with E-state index in [1.54, 1.807) is 14.1 Å². The Labute approximate surface area is 123 Å². The molecule has 0 radical (unpaired) electrons. The third-order valence-corrected chi connectivity index (χ3v) is 5.46. The van der Waals surface area contributed by atoms with Gasteiger partial charge in [0, 0.05) is 14.1 Å². The molecule has 0 aliphatic heterocycles. The van der Waals surface area contributed by atoms with Gasteiger partial charge in [-0.05, 0) is 18.4 Å². The maximum atomic E-state index is 12.3. The SMILES string of the molecule is CCCC[C@@H](/C=C/Cc1ccccc1)S(=O)(=O)N(C)C. The van der Waals surface area contributed by atoms with E-state index in [-0.39, 0.29) is 0 Å². The Morgan fingerprint density at radius 2 is 1.85 bits per heavy atom. The summed E-state index contributed by atoms with van der Waals surface area (Å²) in [6.45, 7) is 2.08. The molecule has 3 nitrogen and oxygen atoms in total. The lowest BCUT2D eigenvalue weighted by atomic mass is 10.1. The minimum atomic E-state index is -3.22. The zero-order valence-corrected chi connectivity index (χ0v) is 13.4. The van der Waals surface area contributed by atoms with E-state index in [1.807, 2.05) is 42.5 Å². The zero-order valence-electron chi connectivity index (χ0n) is 12.6. The maximum absolute atomic E-state index is 12.3. The quantitative estimate of drug-likeness (QED) is 0.690. The van der Waals surface area contributed by atoms with Crippen LogP contribution in [0.4, 0.5) is 0 Å². The van der Waals surface area contributed by atoms with Crippen molar-refractivity contribution in [2.45, 2.75) is 37.9 Å². The normalized spacial score (nSPS) is 14.0. The van der Waals surface area contributed by atoms with Crippen molar-refractivity contribution in [3.05, 3.63) is 48.0 Å².